The predicted octanol–water partition coefficient (Wildman–Crippen LogP) is 1.61. The Bertz CT molecular complexity index is 568. The van der Waals surface area contributed by atoms with Crippen LogP contribution in [0.3, 0.4) is 0 Å². The van der Waals surface area contributed by atoms with Gasteiger partial charge in [-0.05, 0) is 42.6 Å². The molecule has 20 heavy (non-hydrogen) atoms. The molecule has 0 fully saturated rings. The normalized spacial score (nSPS) is 12.8. The van der Waals surface area contributed by atoms with Crippen LogP contribution in [0.1, 0.15) is 19.4 Å². The minimum absolute atomic E-state index is 0.261. The van der Waals surface area contributed by atoms with Crippen molar-refractivity contribution in [3.05, 3.63) is 23.8 Å². The summed E-state index contributed by atoms with van der Waals surface area (Å²) in [5.41, 5.74) is 6.19. The van der Waals surface area contributed by atoms with E-state index in [4.69, 9.17) is 10.5 Å². The molecule has 0 unspecified atom stereocenters. The second kappa shape index (κ2) is 6.11. The molecule has 0 aromatic heterocycles. The highest BCUT2D eigenvalue weighted by molar-refractivity contribution is 7.89. The molecule has 0 heterocycles. The molecule has 1 aromatic carbocycles. The SMILES string of the molecule is COc1ccc(S(=O)(=O)N(C)CC(C)(C)CN)cc1C. The summed E-state index contributed by atoms with van der Waals surface area (Å²) < 4.78 is 31.5. The van der Waals surface area contributed by atoms with Crippen molar-refractivity contribution in [2.45, 2.75) is 25.7 Å². The van der Waals surface area contributed by atoms with Gasteiger partial charge in [-0.1, -0.05) is 13.8 Å². The van der Waals surface area contributed by atoms with E-state index < -0.39 is 10.0 Å². The standard InChI is InChI=1S/C14H24N2O3S/c1-11-8-12(6-7-13(11)19-5)20(17,18)16(4)10-14(2,3)9-15/h6-8H,9-10,15H2,1-5H3. The van der Waals surface area contributed by atoms with E-state index in [1.807, 2.05) is 20.8 Å². The minimum atomic E-state index is -3.51. The predicted molar refractivity (Wildman–Crippen MR) is 80.4 cm³/mol. The third kappa shape index (κ3) is 3.71. The lowest BCUT2D eigenvalue weighted by Crippen LogP contribution is -2.39. The molecule has 0 bridgehead atoms. The zero-order valence-corrected chi connectivity index (χ0v) is 13.6. The number of sulfonamides is 1. The topological polar surface area (TPSA) is 72.6 Å². The van der Waals surface area contributed by atoms with Gasteiger partial charge in [-0.15, -0.1) is 0 Å². The zero-order chi connectivity index (χ0) is 15.6. The molecule has 0 saturated carbocycles. The van der Waals surface area contributed by atoms with Crippen molar-refractivity contribution in [2.24, 2.45) is 11.1 Å². The summed E-state index contributed by atoms with van der Waals surface area (Å²) in [6, 6.07) is 4.86. The van der Waals surface area contributed by atoms with E-state index >= 15 is 0 Å². The highest BCUT2D eigenvalue weighted by Gasteiger charge is 2.27. The van der Waals surface area contributed by atoms with Crippen LogP contribution in [0.4, 0.5) is 0 Å². The molecule has 0 atom stereocenters. The van der Waals surface area contributed by atoms with E-state index in [9.17, 15) is 8.42 Å². The first-order valence-corrected chi connectivity index (χ1v) is 7.89. The number of rotatable bonds is 6. The summed E-state index contributed by atoms with van der Waals surface area (Å²) in [6.45, 7) is 6.50. The summed E-state index contributed by atoms with van der Waals surface area (Å²) in [5.74, 6) is 0.675. The second-order valence-corrected chi connectivity index (χ2v) is 7.81. The Kier molecular flexibility index (Phi) is 5.18. The first-order valence-electron chi connectivity index (χ1n) is 6.45. The number of ether oxygens (including phenoxy) is 1. The average Bonchev–Trinajstić information content (AvgIpc) is 2.38. The molecule has 0 aliphatic heterocycles. The summed E-state index contributed by atoms with van der Waals surface area (Å²) in [5, 5.41) is 0. The minimum Gasteiger partial charge on any atom is -0.496 e. The van der Waals surface area contributed by atoms with E-state index in [0.29, 0.717) is 18.8 Å². The Morgan fingerprint density at radius 3 is 2.40 bits per heavy atom. The highest BCUT2D eigenvalue weighted by Crippen LogP contribution is 2.25. The molecule has 0 amide bonds. The molecule has 1 rings (SSSR count). The van der Waals surface area contributed by atoms with Crippen LogP contribution in [0.25, 0.3) is 0 Å². The van der Waals surface area contributed by atoms with Gasteiger partial charge in [-0.2, -0.15) is 0 Å². The molecule has 0 radical (unpaired) electrons. The third-order valence-electron chi connectivity index (χ3n) is 3.28. The lowest BCUT2D eigenvalue weighted by atomic mass is 9.94. The Hall–Kier alpha value is -1.11. The Morgan fingerprint density at radius 2 is 1.95 bits per heavy atom. The number of aryl methyl sites for hydroxylation is 1. The van der Waals surface area contributed by atoms with Crippen molar-refractivity contribution in [1.82, 2.24) is 4.31 Å². The Labute approximate surface area is 121 Å². The van der Waals surface area contributed by atoms with Gasteiger partial charge in [0.1, 0.15) is 5.75 Å². The highest BCUT2D eigenvalue weighted by atomic mass is 32.2. The van der Waals surface area contributed by atoms with Gasteiger partial charge >= 0.3 is 0 Å². The van der Waals surface area contributed by atoms with Crippen molar-refractivity contribution < 1.29 is 13.2 Å². The maximum absolute atomic E-state index is 12.5. The van der Waals surface area contributed by atoms with Gasteiger partial charge in [0.2, 0.25) is 10.0 Å². The first kappa shape index (κ1) is 16.9. The molecular formula is C14H24N2O3S. The fourth-order valence-electron chi connectivity index (χ4n) is 1.94. The summed E-state index contributed by atoms with van der Waals surface area (Å²) >= 11 is 0. The van der Waals surface area contributed by atoms with Crippen molar-refractivity contribution in [3.63, 3.8) is 0 Å². The fourth-order valence-corrected chi connectivity index (χ4v) is 3.39. The van der Waals surface area contributed by atoms with Crippen molar-refractivity contribution in [2.75, 3.05) is 27.2 Å². The van der Waals surface area contributed by atoms with Gasteiger partial charge < -0.3 is 10.5 Å². The molecule has 5 nitrogen and oxygen atoms in total. The molecule has 0 aliphatic rings. The van der Waals surface area contributed by atoms with Gasteiger partial charge in [0.25, 0.3) is 0 Å². The summed E-state index contributed by atoms with van der Waals surface area (Å²) in [6.07, 6.45) is 0. The van der Waals surface area contributed by atoms with Crippen LogP contribution in [0, 0.1) is 12.3 Å². The maximum Gasteiger partial charge on any atom is 0.242 e. The maximum atomic E-state index is 12.5. The second-order valence-electron chi connectivity index (χ2n) is 5.76. The quantitative estimate of drug-likeness (QED) is 0.866. The smallest absolute Gasteiger partial charge is 0.242 e. The van der Waals surface area contributed by atoms with Crippen LogP contribution >= 0.6 is 0 Å². The van der Waals surface area contributed by atoms with Crippen LogP contribution in [0.15, 0.2) is 23.1 Å². The van der Waals surface area contributed by atoms with E-state index in [1.165, 1.54) is 4.31 Å². The molecule has 1 aromatic rings. The van der Waals surface area contributed by atoms with Gasteiger partial charge in [-0.3, -0.25) is 0 Å². The van der Waals surface area contributed by atoms with Crippen molar-refractivity contribution in [1.29, 1.82) is 0 Å². The van der Waals surface area contributed by atoms with Gasteiger partial charge in [-0.25, -0.2) is 12.7 Å². The fraction of sp³-hybridized carbons (Fsp3) is 0.571. The van der Waals surface area contributed by atoms with Gasteiger partial charge in [0.05, 0.1) is 12.0 Å². The molecule has 6 heteroatoms. The van der Waals surface area contributed by atoms with E-state index in [2.05, 4.69) is 0 Å². The molecular weight excluding hydrogens is 276 g/mol. The van der Waals surface area contributed by atoms with Crippen molar-refractivity contribution in [3.8, 4) is 5.75 Å². The van der Waals surface area contributed by atoms with Crippen LogP contribution in [0.5, 0.6) is 5.75 Å². The van der Waals surface area contributed by atoms with Crippen LogP contribution in [0.2, 0.25) is 0 Å². The number of benzene rings is 1. The zero-order valence-electron chi connectivity index (χ0n) is 12.8. The van der Waals surface area contributed by atoms with Gasteiger partial charge in [0, 0.05) is 13.6 Å². The molecule has 114 valence electrons. The van der Waals surface area contributed by atoms with Gasteiger partial charge in [0.15, 0.2) is 0 Å². The molecule has 2 N–H and O–H groups in total. The molecule has 0 spiro atoms. The number of nitrogens with zero attached hydrogens (tertiary/aromatic N) is 1. The summed E-state index contributed by atoms with van der Waals surface area (Å²) in [4.78, 5) is 0.270. The third-order valence-corrected chi connectivity index (χ3v) is 5.08. The number of hydrogen-bond donors (Lipinski definition) is 1. The molecule has 0 saturated heterocycles. The van der Waals surface area contributed by atoms with Crippen molar-refractivity contribution >= 4 is 10.0 Å². The van der Waals surface area contributed by atoms with E-state index in [1.54, 1.807) is 32.4 Å². The monoisotopic (exact) mass is 300 g/mol. The van der Waals surface area contributed by atoms with Crippen LogP contribution in [-0.4, -0.2) is 40.0 Å². The van der Waals surface area contributed by atoms with Crippen LogP contribution in [-0.2, 0) is 10.0 Å². The number of nitrogens with two attached hydrogens (primary N) is 1. The Balaban J connectivity index is 3.07. The lowest BCUT2D eigenvalue weighted by molar-refractivity contribution is 0.292. The number of methoxy groups -OCH3 is 1. The Morgan fingerprint density at radius 1 is 1.35 bits per heavy atom. The van der Waals surface area contributed by atoms with E-state index in [0.717, 1.165) is 5.56 Å². The largest absolute Gasteiger partial charge is 0.496 e. The average molecular weight is 300 g/mol. The molecule has 0 aliphatic carbocycles. The van der Waals surface area contributed by atoms with Crippen LogP contribution < -0.4 is 10.5 Å². The van der Waals surface area contributed by atoms with E-state index in [-0.39, 0.29) is 10.3 Å². The summed E-state index contributed by atoms with van der Waals surface area (Å²) in [7, 11) is -0.370. The lowest BCUT2D eigenvalue weighted by Gasteiger charge is -2.28. The number of hydrogen-bond acceptors (Lipinski definition) is 4. The first-order chi connectivity index (χ1) is 9.14.